The first-order chi connectivity index (χ1) is 25.8. The van der Waals surface area contributed by atoms with Gasteiger partial charge in [-0.25, -0.2) is 10.2 Å². The molecule has 16 nitrogen and oxygen atoms in total. The number of amides is 3. The number of rotatable bonds is 32. The Balaban J connectivity index is 2.51. The summed E-state index contributed by atoms with van der Waals surface area (Å²) in [7, 11) is 0. The van der Waals surface area contributed by atoms with Crippen LogP contribution in [0.4, 0.5) is 0 Å². The molecule has 302 valence electrons. The quantitative estimate of drug-likeness (QED) is 0.0220. The van der Waals surface area contributed by atoms with Crippen molar-refractivity contribution in [2.75, 3.05) is 13.1 Å². The van der Waals surface area contributed by atoms with E-state index in [0.717, 1.165) is 70.3 Å². The third kappa shape index (κ3) is 23.0. The topological polar surface area (TPSA) is 266 Å². The molecule has 1 atom stereocenters. The molecule has 0 saturated heterocycles. The van der Waals surface area contributed by atoms with Crippen LogP contribution in [0.5, 0.6) is 0 Å². The van der Waals surface area contributed by atoms with E-state index in [4.69, 9.17) is 16.1 Å². The van der Waals surface area contributed by atoms with Gasteiger partial charge in [-0.15, -0.1) is 0 Å². The highest BCUT2D eigenvalue weighted by Gasteiger charge is 2.18. The number of carbonyl (C=O) groups is 7. The summed E-state index contributed by atoms with van der Waals surface area (Å²) in [6, 6.07) is 5.25. The Morgan fingerprint density at radius 3 is 1.72 bits per heavy atom. The molecule has 1 aromatic carbocycles. The van der Waals surface area contributed by atoms with Crippen molar-refractivity contribution in [2.24, 2.45) is 5.84 Å². The van der Waals surface area contributed by atoms with Crippen LogP contribution in [0.25, 0.3) is 0 Å². The van der Waals surface area contributed by atoms with Gasteiger partial charge in [0.15, 0.2) is 0 Å². The van der Waals surface area contributed by atoms with Crippen molar-refractivity contribution in [3.8, 4) is 0 Å². The Labute approximate surface area is 316 Å². The van der Waals surface area contributed by atoms with Gasteiger partial charge in [0.25, 0.3) is 5.91 Å². The van der Waals surface area contributed by atoms with Gasteiger partial charge in [0.1, 0.15) is 11.7 Å². The second-order valence-corrected chi connectivity index (χ2v) is 13.3. The fourth-order valence-corrected chi connectivity index (χ4v) is 5.62. The number of unbranched alkanes of at least 4 members (excludes halogenated alkanes) is 12. The second kappa shape index (κ2) is 28.6. The van der Waals surface area contributed by atoms with Gasteiger partial charge in [-0.3, -0.25) is 34.6 Å². The molecule has 0 aliphatic heterocycles. The van der Waals surface area contributed by atoms with Crippen LogP contribution in [0, 0.1) is 0 Å². The Kier molecular flexibility index (Phi) is 25.0. The number of benzene rings is 1. The van der Waals surface area contributed by atoms with Crippen molar-refractivity contribution in [1.82, 2.24) is 21.0 Å². The first-order valence-electron chi connectivity index (χ1n) is 18.8. The van der Waals surface area contributed by atoms with Crippen molar-refractivity contribution in [2.45, 2.75) is 135 Å². The van der Waals surface area contributed by atoms with Crippen LogP contribution >= 0.6 is 0 Å². The fraction of sp³-hybridized carbons (Fsp3) is 0.605. The summed E-state index contributed by atoms with van der Waals surface area (Å²) in [6.45, 7) is 0.424. The van der Waals surface area contributed by atoms with E-state index >= 15 is 0 Å². The average Bonchev–Trinajstić information content (AvgIpc) is 3.12. The van der Waals surface area contributed by atoms with E-state index in [9.17, 15) is 43.8 Å². The minimum Gasteiger partial charge on any atom is -0.481 e. The largest absolute Gasteiger partial charge is 0.481 e. The molecular formula is C38H59N5O11. The van der Waals surface area contributed by atoms with Gasteiger partial charge in [-0.1, -0.05) is 76.3 Å². The Morgan fingerprint density at radius 1 is 0.685 bits per heavy atom. The molecule has 0 aliphatic rings. The molecule has 1 aromatic rings. The van der Waals surface area contributed by atoms with Gasteiger partial charge in [0, 0.05) is 44.5 Å². The van der Waals surface area contributed by atoms with E-state index in [2.05, 4.69) is 16.1 Å². The number of carboxylic acids is 4. The lowest BCUT2D eigenvalue weighted by Crippen LogP contribution is -2.41. The van der Waals surface area contributed by atoms with E-state index in [1.165, 1.54) is 23.5 Å². The lowest BCUT2D eigenvalue weighted by molar-refractivity contribution is -0.140. The van der Waals surface area contributed by atoms with Crippen molar-refractivity contribution < 1.29 is 54.0 Å². The molecular weight excluding hydrogens is 702 g/mol. The van der Waals surface area contributed by atoms with Crippen LogP contribution in [0.2, 0.25) is 0 Å². The molecule has 0 aromatic heterocycles. The number of nitrogens with zero attached hydrogens (tertiary/aromatic N) is 1. The minimum atomic E-state index is -1.44. The van der Waals surface area contributed by atoms with E-state index in [1.54, 1.807) is 12.1 Å². The highest BCUT2D eigenvalue weighted by atomic mass is 16.4. The zero-order valence-electron chi connectivity index (χ0n) is 31.2. The molecule has 0 radical (unpaired) electrons. The first-order valence-corrected chi connectivity index (χ1v) is 18.8. The minimum absolute atomic E-state index is 0.0350. The molecule has 3 amide bonds. The molecule has 16 heteroatoms. The molecule has 0 bridgehead atoms. The van der Waals surface area contributed by atoms with E-state index in [1.807, 2.05) is 0 Å². The number of carboxylic acid groups (broad SMARTS) is 4. The van der Waals surface area contributed by atoms with Gasteiger partial charge in [-0.05, 0) is 55.9 Å². The Bertz CT molecular complexity index is 1370. The first kappa shape index (κ1) is 47.2. The zero-order chi connectivity index (χ0) is 40.1. The van der Waals surface area contributed by atoms with Gasteiger partial charge in [0.05, 0.1) is 6.42 Å². The summed E-state index contributed by atoms with van der Waals surface area (Å²) in [4.78, 5) is 84.0. The monoisotopic (exact) mass is 761 g/mol. The van der Waals surface area contributed by atoms with E-state index in [0.29, 0.717) is 31.2 Å². The maximum absolute atomic E-state index is 13.0. The molecule has 1 rings (SSSR count). The van der Waals surface area contributed by atoms with Crippen LogP contribution < -0.4 is 21.9 Å². The maximum Gasteiger partial charge on any atom is 0.352 e. The number of hydrazine groups is 1. The molecule has 9 N–H and O–H groups in total. The smallest absolute Gasteiger partial charge is 0.352 e. The Hall–Kier alpha value is -4.83. The van der Waals surface area contributed by atoms with E-state index in [-0.39, 0.29) is 56.8 Å². The van der Waals surface area contributed by atoms with Crippen LogP contribution in [-0.2, 0) is 35.3 Å². The predicted molar refractivity (Wildman–Crippen MR) is 200 cm³/mol. The van der Waals surface area contributed by atoms with Crippen molar-refractivity contribution in [3.63, 3.8) is 0 Å². The highest BCUT2D eigenvalue weighted by molar-refractivity contribution is 6.00. The third-order valence-electron chi connectivity index (χ3n) is 8.78. The maximum atomic E-state index is 13.0. The third-order valence-corrected chi connectivity index (χ3v) is 8.78. The summed E-state index contributed by atoms with van der Waals surface area (Å²) >= 11 is 0. The molecule has 0 heterocycles. The number of hydrogen-bond acceptors (Lipinski definition) is 9. The average molecular weight is 762 g/mol. The number of aliphatic carboxylic acids is 4. The summed E-state index contributed by atoms with van der Waals surface area (Å²) < 4.78 is 0. The molecule has 0 fully saturated rings. The van der Waals surface area contributed by atoms with Gasteiger partial charge >= 0.3 is 23.9 Å². The summed E-state index contributed by atoms with van der Waals surface area (Å²) in [6.07, 6.45) is 14.5. The molecule has 54 heavy (non-hydrogen) atoms. The van der Waals surface area contributed by atoms with Gasteiger partial charge in [0.2, 0.25) is 11.8 Å². The Morgan fingerprint density at radius 2 is 1.22 bits per heavy atom. The summed E-state index contributed by atoms with van der Waals surface area (Å²) in [5.74, 6) is -0.462. The number of nitrogens with one attached hydrogen (secondary N) is 3. The summed E-state index contributed by atoms with van der Waals surface area (Å²) in [5.41, 5.74) is 2.50. The zero-order valence-corrected chi connectivity index (χ0v) is 31.2. The molecule has 0 spiro atoms. The van der Waals surface area contributed by atoms with Crippen molar-refractivity contribution in [1.29, 1.82) is 0 Å². The van der Waals surface area contributed by atoms with Crippen LogP contribution in [-0.4, -0.2) is 86.1 Å². The number of hydrogen-bond donors (Lipinski definition) is 8. The van der Waals surface area contributed by atoms with Crippen molar-refractivity contribution in [3.05, 3.63) is 47.2 Å². The lowest BCUT2D eigenvalue weighted by atomic mass is 10.0. The van der Waals surface area contributed by atoms with E-state index < -0.39 is 47.4 Å². The van der Waals surface area contributed by atoms with Crippen LogP contribution in [0.15, 0.2) is 36.0 Å². The van der Waals surface area contributed by atoms with Crippen LogP contribution in [0.3, 0.4) is 0 Å². The predicted octanol–water partition coefficient (Wildman–Crippen LogP) is 4.33. The second-order valence-electron chi connectivity index (χ2n) is 13.3. The highest BCUT2D eigenvalue weighted by Crippen LogP contribution is 2.15. The summed E-state index contributed by atoms with van der Waals surface area (Å²) in [5, 5.41) is 41.3. The molecule has 0 aliphatic carbocycles. The molecule has 0 saturated carbocycles. The number of nitrogens with two attached hydrogens (primary N) is 1. The van der Waals surface area contributed by atoms with Crippen molar-refractivity contribution >= 4 is 41.6 Å². The normalized spacial score (nSPS) is 11.8. The fourth-order valence-electron chi connectivity index (χ4n) is 5.62. The SMILES string of the molecule is NNC(CCCCNC(=O)CC=C(NC(=O)c1ccc(CN(CCC(=O)O)C(=O)CCCCCCCCCCCCCCC(=O)O)cc1)C(=O)O)C(=O)O. The standard InChI is InChI=1S/C38H59N5O11/c39-42-31(38(53)54)15-13-14-25-40-32(44)23-22-30(37(51)52)41-36(50)29-20-18-28(19-21-29)27-43(26-24-35(48)49)33(45)16-11-9-7-5-3-1-2-4-6-8-10-12-17-34(46)47/h18-22,31,42H,1-17,23-27,39H2,(H,40,44)(H,41,50)(H,46,47)(H,48,49)(H,51,52)(H,53,54). The van der Waals surface area contributed by atoms with Crippen LogP contribution in [0.1, 0.15) is 138 Å². The van der Waals surface area contributed by atoms with Gasteiger partial charge < -0.3 is 36.0 Å². The number of carbonyl (C=O) groups excluding carboxylic acids is 3. The molecule has 1 unspecified atom stereocenters. The lowest BCUT2D eigenvalue weighted by Gasteiger charge is -2.22. The van der Waals surface area contributed by atoms with Gasteiger partial charge in [-0.2, -0.15) is 0 Å².